The highest BCUT2D eigenvalue weighted by molar-refractivity contribution is 5.01. The first-order valence-corrected chi connectivity index (χ1v) is 4.21. The van der Waals surface area contributed by atoms with Crippen molar-refractivity contribution in [3.63, 3.8) is 0 Å². The number of piperidine rings is 1. The van der Waals surface area contributed by atoms with Crippen molar-refractivity contribution in [2.75, 3.05) is 26.7 Å². The van der Waals surface area contributed by atoms with E-state index in [2.05, 4.69) is 11.9 Å². The van der Waals surface area contributed by atoms with E-state index in [9.17, 15) is 0 Å². The van der Waals surface area contributed by atoms with E-state index in [1.807, 2.05) is 0 Å². The average molecular weight is 140 g/mol. The summed E-state index contributed by atoms with van der Waals surface area (Å²) in [5.74, 6) is 2.84. The van der Waals surface area contributed by atoms with Gasteiger partial charge < -0.3 is 10.6 Å². The number of nitrogens with zero attached hydrogens (tertiary/aromatic N) is 1. The summed E-state index contributed by atoms with van der Waals surface area (Å²) in [6, 6.07) is 0. The highest BCUT2D eigenvalue weighted by Gasteiger charge is 2.50. The molecule has 0 spiro atoms. The molecule has 10 heavy (non-hydrogen) atoms. The monoisotopic (exact) mass is 140 g/mol. The van der Waals surface area contributed by atoms with Crippen LogP contribution in [0.3, 0.4) is 0 Å². The standard InChI is InChI=1S/C8H16N2/c1-10-3-2-6-7(4-9)8(6)5-10/h6-8H,2-5,9H2,1H3/t6-,7-,8-/m1/s1. The summed E-state index contributed by atoms with van der Waals surface area (Å²) >= 11 is 0. The normalized spacial score (nSPS) is 46.8. The molecule has 1 saturated heterocycles. The number of rotatable bonds is 1. The van der Waals surface area contributed by atoms with Crippen LogP contribution in [0.15, 0.2) is 0 Å². The van der Waals surface area contributed by atoms with Crippen molar-refractivity contribution in [3.05, 3.63) is 0 Å². The molecule has 1 aliphatic heterocycles. The van der Waals surface area contributed by atoms with E-state index in [4.69, 9.17) is 5.73 Å². The Morgan fingerprint density at radius 2 is 2.30 bits per heavy atom. The van der Waals surface area contributed by atoms with Crippen LogP contribution in [0.25, 0.3) is 0 Å². The van der Waals surface area contributed by atoms with Crippen LogP contribution >= 0.6 is 0 Å². The number of hydrogen-bond donors (Lipinski definition) is 1. The Kier molecular flexibility index (Phi) is 1.46. The molecule has 3 atom stereocenters. The van der Waals surface area contributed by atoms with Gasteiger partial charge in [-0.15, -0.1) is 0 Å². The lowest BCUT2D eigenvalue weighted by molar-refractivity contribution is 0.265. The number of fused-ring (bicyclic) bond motifs is 1. The van der Waals surface area contributed by atoms with Crippen LogP contribution in [0.4, 0.5) is 0 Å². The lowest BCUT2D eigenvalue weighted by Gasteiger charge is -2.20. The highest BCUT2D eigenvalue weighted by atomic mass is 15.1. The molecule has 1 heterocycles. The van der Waals surface area contributed by atoms with E-state index < -0.39 is 0 Å². The first-order chi connectivity index (χ1) is 4.83. The molecule has 0 bridgehead atoms. The van der Waals surface area contributed by atoms with Gasteiger partial charge in [0.1, 0.15) is 0 Å². The summed E-state index contributed by atoms with van der Waals surface area (Å²) < 4.78 is 0. The fourth-order valence-electron chi connectivity index (χ4n) is 2.39. The van der Waals surface area contributed by atoms with Crippen molar-refractivity contribution in [1.82, 2.24) is 4.90 Å². The molecule has 58 valence electrons. The predicted octanol–water partition coefficient (Wildman–Crippen LogP) is 0.143. The van der Waals surface area contributed by atoms with Crippen molar-refractivity contribution in [2.45, 2.75) is 6.42 Å². The Bertz CT molecular complexity index is 131. The molecule has 0 aromatic rings. The van der Waals surface area contributed by atoms with Gasteiger partial charge in [-0.05, 0) is 44.3 Å². The average Bonchev–Trinajstić information content (AvgIpc) is 2.60. The Balaban J connectivity index is 1.91. The maximum Gasteiger partial charge on any atom is 0.00126 e. The molecule has 1 saturated carbocycles. The van der Waals surface area contributed by atoms with Gasteiger partial charge in [0.05, 0.1) is 0 Å². The van der Waals surface area contributed by atoms with Gasteiger partial charge in [0.15, 0.2) is 0 Å². The molecule has 2 fully saturated rings. The van der Waals surface area contributed by atoms with Gasteiger partial charge in [-0.25, -0.2) is 0 Å². The zero-order valence-corrected chi connectivity index (χ0v) is 6.59. The largest absolute Gasteiger partial charge is 0.330 e. The Labute approximate surface area is 62.4 Å². The van der Waals surface area contributed by atoms with Gasteiger partial charge in [-0.2, -0.15) is 0 Å². The van der Waals surface area contributed by atoms with Crippen LogP contribution in [0.2, 0.25) is 0 Å². The van der Waals surface area contributed by atoms with Crippen LogP contribution in [0, 0.1) is 17.8 Å². The molecule has 2 heteroatoms. The molecule has 0 aromatic heterocycles. The molecule has 0 amide bonds. The SMILES string of the molecule is CN1CC[C@@H]2[C@@H](CN)[C@@H]2C1. The molecule has 2 nitrogen and oxygen atoms in total. The van der Waals surface area contributed by atoms with Crippen molar-refractivity contribution >= 4 is 0 Å². The summed E-state index contributed by atoms with van der Waals surface area (Å²) in [6.07, 6.45) is 1.39. The summed E-state index contributed by atoms with van der Waals surface area (Å²) in [6.45, 7) is 3.51. The van der Waals surface area contributed by atoms with Crippen molar-refractivity contribution < 1.29 is 0 Å². The van der Waals surface area contributed by atoms with E-state index in [0.29, 0.717) is 0 Å². The van der Waals surface area contributed by atoms with E-state index in [0.717, 1.165) is 24.3 Å². The summed E-state index contributed by atoms with van der Waals surface area (Å²) in [7, 11) is 2.21. The van der Waals surface area contributed by atoms with Gasteiger partial charge in [-0.1, -0.05) is 0 Å². The third kappa shape index (κ3) is 0.867. The van der Waals surface area contributed by atoms with E-state index in [1.165, 1.54) is 19.5 Å². The molecule has 1 aliphatic carbocycles. The third-order valence-electron chi connectivity index (χ3n) is 3.15. The van der Waals surface area contributed by atoms with E-state index >= 15 is 0 Å². The molecule has 0 unspecified atom stereocenters. The number of hydrogen-bond acceptors (Lipinski definition) is 2. The van der Waals surface area contributed by atoms with Crippen molar-refractivity contribution in [2.24, 2.45) is 23.5 Å². The van der Waals surface area contributed by atoms with E-state index in [1.54, 1.807) is 0 Å². The minimum atomic E-state index is 0.880. The topological polar surface area (TPSA) is 29.3 Å². The Morgan fingerprint density at radius 1 is 1.50 bits per heavy atom. The van der Waals surface area contributed by atoms with Crippen LogP contribution in [0.1, 0.15) is 6.42 Å². The zero-order valence-electron chi connectivity index (χ0n) is 6.59. The second-order valence-electron chi connectivity index (χ2n) is 3.78. The minimum Gasteiger partial charge on any atom is -0.330 e. The van der Waals surface area contributed by atoms with Gasteiger partial charge >= 0.3 is 0 Å². The third-order valence-corrected chi connectivity index (χ3v) is 3.15. The number of likely N-dealkylation sites (tertiary alicyclic amines) is 1. The van der Waals surface area contributed by atoms with Gasteiger partial charge in [0.25, 0.3) is 0 Å². The van der Waals surface area contributed by atoms with Crippen LogP contribution < -0.4 is 5.73 Å². The molecule has 0 radical (unpaired) electrons. The van der Waals surface area contributed by atoms with Gasteiger partial charge in [0, 0.05) is 6.54 Å². The maximum absolute atomic E-state index is 5.62. The second kappa shape index (κ2) is 2.21. The Morgan fingerprint density at radius 3 is 2.90 bits per heavy atom. The quantitative estimate of drug-likeness (QED) is 0.561. The molecular weight excluding hydrogens is 124 g/mol. The maximum atomic E-state index is 5.62. The smallest absolute Gasteiger partial charge is 0.00126 e. The van der Waals surface area contributed by atoms with Crippen LogP contribution in [-0.2, 0) is 0 Å². The van der Waals surface area contributed by atoms with Gasteiger partial charge in [-0.3, -0.25) is 0 Å². The van der Waals surface area contributed by atoms with Crippen molar-refractivity contribution in [3.8, 4) is 0 Å². The summed E-state index contributed by atoms with van der Waals surface area (Å²) in [4.78, 5) is 2.43. The lowest BCUT2D eigenvalue weighted by atomic mass is 10.1. The second-order valence-corrected chi connectivity index (χ2v) is 3.78. The highest BCUT2D eigenvalue weighted by Crippen LogP contribution is 2.50. The van der Waals surface area contributed by atoms with Gasteiger partial charge in [0.2, 0.25) is 0 Å². The first-order valence-electron chi connectivity index (χ1n) is 4.21. The lowest BCUT2D eigenvalue weighted by Crippen LogP contribution is -2.27. The Hall–Kier alpha value is -0.0800. The summed E-state index contributed by atoms with van der Waals surface area (Å²) in [5, 5.41) is 0. The number of nitrogens with two attached hydrogens (primary N) is 1. The zero-order chi connectivity index (χ0) is 7.14. The fraction of sp³-hybridized carbons (Fsp3) is 1.00. The van der Waals surface area contributed by atoms with E-state index in [-0.39, 0.29) is 0 Å². The molecule has 2 N–H and O–H groups in total. The fourth-order valence-corrected chi connectivity index (χ4v) is 2.39. The molecule has 2 rings (SSSR count). The molecule has 2 aliphatic rings. The predicted molar refractivity (Wildman–Crippen MR) is 41.6 cm³/mol. The first kappa shape index (κ1) is 6.62. The van der Waals surface area contributed by atoms with Crippen LogP contribution in [-0.4, -0.2) is 31.6 Å². The minimum absolute atomic E-state index is 0.880. The summed E-state index contributed by atoms with van der Waals surface area (Å²) in [5.41, 5.74) is 5.62. The van der Waals surface area contributed by atoms with Crippen molar-refractivity contribution in [1.29, 1.82) is 0 Å². The van der Waals surface area contributed by atoms with Crippen LogP contribution in [0.5, 0.6) is 0 Å². The molecular formula is C8H16N2. The molecule has 0 aromatic carbocycles.